The highest BCUT2D eigenvalue weighted by Crippen LogP contribution is 2.24. The minimum Gasteiger partial charge on any atom is -0.356 e. The second-order valence-corrected chi connectivity index (χ2v) is 9.89. The van der Waals surface area contributed by atoms with E-state index in [2.05, 4.69) is 21.4 Å². The van der Waals surface area contributed by atoms with E-state index in [1.165, 1.54) is 0 Å². The maximum absolute atomic E-state index is 12.4. The van der Waals surface area contributed by atoms with Crippen LogP contribution in [0.2, 0.25) is 0 Å². The van der Waals surface area contributed by atoms with Gasteiger partial charge in [0, 0.05) is 30.7 Å². The fourth-order valence-corrected chi connectivity index (χ4v) is 5.84. The van der Waals surface area contributed by atoms with Crippen molar-refractivity contribution in [3.8, 4) is 0 Å². The summed E-state index contributed by atoms with van der Waals surface area (Å²) >= 11 is 0. The van der Waals surface area contributed by atoms with Gasteiger partial charge in [0.25, 0.3) is 0 Å². The molecule has 1 N–H and O–H groups in total. The molecule has 0 bridgehead atoms. The Morgan fingerprint density at radius 1 is 1.27 bits per heavy atom. The summed E-state index contributed by atoms with van der Waals surface area (Å²) in [7, 11) is -2.84. The monoisotopic (exact) mass is 382 g/mol. The SMILES string of the molecule is Cc1cc(C)n(CCCNC(=O)C2CCN([C@H]3CCS(=O)(=O)C3)CC2)n1. The number of rotatable bonds is 6. The molecule has 1 aromatic heterocycles. The van der Waals surface area contributed by atoms with Gasteiger partial charge in [0.15, 0.2) is 9.84 Å². The predicted octanol–water partition coefficient (Wildman–Crippen LogP) is 0.905. The second kappa shape index (κ2) is 8.08. The number of hydrogen-bond donors (Lipinski definition) is 1. The normalized spacial score (nSPS) is 24.0. The molecular formula is C18H30N4O3S. The van der Waals surface area contributed by atoms with E-state index in [0.717, 1.165) is 56.7 Å². The first kappa shape index (κ1) is 19.4. The highest BCUT2D eigenvalue weighted by atomic mass is 32.2. The number of likely N-dealkylation sites (tertiary alicyclic amines) is 1. The third-order valence-electron chi connectivity index (χ3n) is 5.57. The van der Waals surface area contributed by atoms with Crippen molar-refractivity contribution in [3.63, 3.8) is 0 Å². The maximum Gasteiger partial charge on any atom is 0.223 e. The van der Waals surface area contributed by atoms with Crippen molar-refractivity contribution in [1.82, 2.24) is 20.0 Å². The number of aromatic nitrogens is 2. The number of carbonyl (C=O) groups excluding carboxylic acids is 1. The van der Waals surface area contributed by atoms with E-state index in [1.807, 2.05) is 18.5 Å². The van der Waals surface area contributed by atoms with E-state index >= 15 is 0 Å². The van der Waals surface area contributed by atoms with E-state index < -0.39 is 9.84 Å². The van der Waals surface area contributed by atoms with Gasteiger partial charge in [-0.25, -0.2) is 8.42 Å². The van der Waals surface area contributed by atoms with Gasteiger partial charge >= 0.3 is 0 Å². The molecule has 0 aliphatic carbocycles. The topological polar surface area (TPSA) is 84.3 Å². The molecule has 0 saturated carbocycles. The fraction of sp³-hybridized carbons (Fsp3) is 0.778. The summed E-state index contributed by atoms with van der Waals surface area (Å²) in [6.07, 6.45) is 3.25. The number of carbonyl (C=O) groups is 1. The number of piperidine rings is 1. The molecule has 2 saturated heterocycles. The van der Waals surface area contributed by atoms with Gasteiger partial charge < -0.3 is 5.32 Å². The maximum atomic E-state index is 12.4. The van der Waals surface area contributed by atoms with E-state index in [4.69, 9.17) is 0 Å². The summed E-state index contributed by atoms with van der Waals surface area (Å²) in [6, 6.07) is 2.21. The van der Waals surface area contributed by atoms with E-state index in [-0.39, 0.29) is 23.6 Å². The van der Waals surface area contributed by atoms with E-state index in [9.17, 15) is 13.2 Å². The van der Waals surface area contributed by atoms with Gasteiger partial charge in [-0.15, -0.1) is 0 Å². The minimum atomic E-state index is -2.84. The van der Waals surface area contributed by atoms with Crippen molar-refractivity contribution in [3.05, 3.63) is 17.5 Å². The number of nitrogens with zero attached hydrogens (tertiary/aromatic N) is 3. The first-order chi connectivity index (χ1) is 12.3. The summed E-state index contributed by atoms with van der Waals surface area (Å²) in [5.74, 6) is 0.791. The number of sulfone groups is 1. The molecular weight excluding hydrogens is 352 g/mol. The summed E-state index contributed by atoms with van der Waals surface area (Å²) in [5.41, 5.74) is 2.17. The van der Waals surface area contributed by atoms with Crippen LogP contribution >= 0.6 is 0 Å². The zero-order chi connectivity index (χ0) is 18.7. The summed E-state index contributed by atoms with van der Waals surface area (Å²) in [5, 5.41) is 7.48. The predicted molar refractivity (Wildman–Crippen MR) is 101 cm³/mol. The molecule has 2 fully saturated rings. The Morgan fingerprint density at radius 3 is 2.58 bits per heavy atom. The van der Waals surface area contributed by atoms with Crippen LogP contribution in [0, 0.1) is 19.8 Å². The molecule has 3 heterocycles. The second-order valence-electron chi connectivity index (χ2n) is 7.66. The Bertz CT molecular complexity index is 736. The van der Waals surface area contributed by atoms with Crippen LogP contribution in [-0.4, -0.2) is 66.2 Å². The summed E-state index contributed by atoms with van der Waals surface area (Å²) in [4.78, 5) is 14.6. The highest BCUT2D eigenvalue weighted by molar-refractivity contribution is 7.91. The Labute approximate surface area is 156 Å². The number of nitrogens with one attached hydrogen (secondary N) is 1. The standard InChI is InChI=1S/C18H30N4O3S/c1-14-12-15(2)22(20-14)8-3-7-19-18(23)16-4-9-21(10-5-16)17-6-11-26(24,25)13-17/h12,16-17H,3-11,13H2,1-2H3,(H,19,23)/t17-/m0/s1. The van der Waals surface area contributed by atoms with Crippen molar-refractivity contribution >= 4 is 15.7 Å². The third-order valence-corrected chi connectivity index (χ3v) is 7.32. The average Bonchev–Trinajstić information content (AvgIpc) is 3.12. The van der Waals surface area contributed by atoms with Crippen molar-refractivity contribution < 1.29 is 13.2 Å². The Kier molecular flexibility index (Phi) is 6.02. The van der Waals surface area contributed by atoms with Gasteiger partial charge in [-0.1, -0.05) is 0 Å². The number of amides is 1. The van der Waals surface area contributed by atoms with Crippen LogP contribution in [0.15, 0.2) is 6.07 Å². The molecule has 1 atom stereocenters. The van der Waals surface area contributed by atoms with Gasteiger partial charge in [0.2, 0.25) is 5.91 Å². The van der Waals surface area contributed by atoms with Crippen LogP contribution in [-0.2, 0) is 21.2 Å². The number of hydrogen-bond acceptors (Lipinski definition) is 5. The van der Waals surface area contributed by atoms with Crippen molar-refractivity contribution in [1.29, 1.82) is 0 Å². The van der Waals surface area contributed by atoms with Gasteiger partial charge in [-0.2, -0.15) is 5.10 Å². The lowest BCUT2D eigenvalue weighted by Gasteiger charge is -2.34. The molecule has 0 aromatic carbocycles. The van der Waals surface area contributed by atoms with Crippen molar-refractivity contribution in [2.24, 2.45) is 5.92 Å². The van der Waals surface area contributed by atoms with Crippen LogP contribution in [0.25, 0.3) is 0 Å². The largest absolute Gasteiger partial charge is 0.356 e. The van der Waals surface area contributed by atoms with Crippen LogP contribution in [0.1, 0.15) is 37.1 Å². The first-order valence-corrected chi connectivity index (χ1v) is 11.4. The molecule has 0 radical (unpaired) electrons. The van der Waals surface area contributed by atoms with E-state index in [0.29, 0.717) is 12.3 Å². The zero-order valence-corrected chi connectivity index (χ0v) is 16.6. The van der Waals surface area contributed by atoms with Crippen molar-refractivity contribution in [2.75, 3.05) is 31.1 Å². The zero-order valence-electron chi connectivity index (χ0n) is 15.8. The van der Waals surface area contributed by atoms with E-state index in [1.54, 1.807) is 0 Å². The molecule has 7 nitrogen and oxygen atoms in total. The van der Waals surface area contributed by atoms with Gasteiger partial charge in [0.1, 0.15) is 0 Å². The molecule has 0 spiro atoms. The molecule has 2 aliphatic rings. The summed E-state index contributed by atoms with van der Waals surface area (Å²) in [6.45, 7) is 7.15. The molecule has 146 valence electrons. The minimum absolute atomic E-state index is 0.0537. The summed E-state index contributed by atoms with van der Waals surface area (Å²) < 4.78 is 25.2. The lowest BCUT2D eigenvalue weighted by Crippen LogP contribution is -2.45. The molecule has 2 aliphatic heterocycles. The smallest absolute Gasteiger partial charge is 0.223 e. The van der Waals surface area contributed by atoms with Crippen molar-refractivity contribution in [2.45, 2.75) is 52.1 Å². The van der Waals surface area contributed by atoms with Crippen LogP contribution in [0.5, 0.6) is 0 Å². The molecule has 1 aromatic rings. The quantitative estimate of drug-likeness (QED) is 0.739. The lowest BCUT2D eigenvalue weighted by molar-refractivity contribution is -0.126. The average molecular weight is 383 g/mol. The molecule has 1 amide bonds. The first-order valence-electron chi connectivity index (χ1n) is 9.57. The number of aryl methyl sites for hydroxylation is 3. The highest BCUT2D eigenvalue weighted by Gasteiger charge is 2.35. The van der Waals surface area contributed by atoms with Crippen LogP contribution in [0.4, 0.5) is 0 Å². The Morgan fingerprint density at radius 2 is 2.00 bits per heavy atom. The third kappa shape index (κ3) is 4.85. The fourth-order valence-electron chi connectivity index (χ4n) is 4.08. The van der Waals surface area contributed by atoms with Gasteiger partial charge in [-0.05, 0) is 58.7 Å². The molecule has 0 unspecified atom stereocenters. The molecule has 3 rings (SSSR count). The lowest BCUT2D eigenvalue weighted by atomic mass is 9.94. The Hall–Kier alpha value is -1.41. The Balaban J connectivity index is 1.35. The van der Waals surface area contributed by atoms with Gasteiger partial charge in [-0.3, -0.25) is 14.4 Å². The van der Waals surface area contributed by atoms with Crippen LogP contribution in [0.3, 0.4) is 0 Å². The van der Waals surface area contributed by atoms with Gasteiger partial charge in [0.05, 0.1) is 17.2 Å². The molecule has 8 heteroatoms. The molecule has 26 heavy (non-hydrogen) atoms. The van der Waals surface area contributed by atoms with Crippen LogP contribution < -0.4 is 5.32 Å².